The van der Waals surface area contributed by atoms with Crippen LogP contribution >= 0.6 is 0 Å². The first-order valence-electron chi connectivity index (χ1n) is 8.58. The molecule has 2 N–H and O–H groups in total. The summed E-state index contributed by atoms with van der Waals surface area (Å²) in [4.78, 5) is 15.2. The van der Waals surface area contributed by atoms with Crippen molar-refractivity contribution in [3.63, 3.8) is 0 Å². The van der Waals surface area contributed by atoms with Gasteiger partial charge in [-0.3, -0.25) is 9.78 Å². The summed E-state index contributed by atoms with van der Waals surface area (Å²) in [5.41, 5.74) is 2.18. The van der Waals surface area contributed by atoms with Crippen molar-refractivity contribution in [3.05, 3.63) is 59.9 Å². The summed E-state index contributed by atoms with van der Waals surface area (Å²) in [7, 11) is 0. The number of pyridine rings is 1. The van der Waals surface area contributed by atoms with Gasteiger partial charge in [-0.2, -0.15) is 0 Å². The Bertz CT molecular complexity index is 642. The second-order valence-electron chi connectivity index (χ2n) is 6.58. The maximum atomic E-state index is 11.3. The number of carbonyl (C=O) groups is 1. The molecule has 5 nitrogen and oxygen atoms in total. The van der Waals surface area contributed by atoms with Crippen molar-refractivity contribution in [3.8, 4) is 5.75 Å². The van der Waals surface area contributed by atoms with Crippen LogP contribution in [-0.2, 0) is 17.9 Å². The van der Waals surface area contributed by atoms with E-state index < -0.39 is 5.97 Å². The van der Waals surface area contributed by atoms with Gasteiger partial charge in [0.25, 0.3) is 0 Å². The van der Waals surface area contributed by atoms with Gasteiger partial charge in [0, 0.05) is 25.5 Å². The first-order chi connectivity index (χ1) is 12.0. The molecule has 0 spiro atoms. The van der Waals surface area contributed by atoms with Crippen molar-refractivity contribution < 1.29 is 14.6 Å². The van der Waals surface area contributed by atoms with E-state index in [1.165, 1.54) is 0 Å². The second-order valence-corrected chi connectivity index (χ2v) is 6.58. The fourth-order valence-corrected chi connectivity index (χ4v) is 2.58. The molecular formula is C20H26N2O3. The average molecular weight is 342 g/mol. The third-order valence-corrected chi connectivity index (χ3v) is 3.90. The molecule has 1 heterocycles. The number of ether oxygens (including phenoxy) is 1. The molecule has 134 valence electrons. The highest BCUT2D eigenvalue weighted by Crippen LogP contribution is 2.15. The number of rotatable bonds is 10. The highest BCUT2D eigenvalue weighted by atomic mass is 16.5. The molecule has 0 saturated heterocycles. The number of nitrogens with zero attached hydrogens (tertiary/aromatic N) is 1. The molecule has 1 aromatic heterocycles. The largest absolute Gasteiger partial charge is 0.489 e. The average Bonchev–Trinajstić information content (AvgIpc) is 2.60. The molecule has 0 radical (unpaired) electrons. The van der Waals surface area contributed by atoms with E-state index in [2.05, 4.69) is 10.3 Å². The number of hydrogen-bond donors (Lipinski definition) is 2. The summed E-state index contributed by atoms with van der Waals surface area (Å²) in [6, 6.07) is 11.7. The Morgan fingerprint density at radius 3 is 2.40 bits per heavy atom. The maximum Gasteiger partial charge on any atom is 0.307 e. The fraction of sp³-hybridized carbons (Fsp3) is 0.400. The molecule has 2 aromatic rings. The molecule has 0 saturated carbocycles. The first-order valence-corrected chi connectivity index (χ1v) is 8.58. The van der Waals surface area contributed by atoms with Gasteiger partial charge in [0.05, 0.1) is 5.92 Å². The molecular weight excluding hydrogens is 316 g/mol. The van der Waals surface area contributed by atoms with E-state index in [0.717, 1.165) is 16.9 Å². The van der Waals surface area contributed by atoms with Gasteiger partial charge in [0.2, 0.25) is 0 Å². The van der Waals surface area contributed by atoms with E-state index in [1.807, 2.05) is 50.2 Å². The molecule has 0 aliphatic heterocycles. The zero-order chi connectivity index (χ0) is 18.1. The van der Waals surface area contributed by atoms with Crippen LogP contribution < -0.4 is 10.1 Å². The lowest BCUT2D eigenvalue weighted by molar-refractivity contribution is -0.142. The summed E-state index contributed by atoms with van der Waals surface area (Å²) >= 11 is 0. The van der Waals surface area contributed by atoms with Gasteiger partial charge in [-0.05, 0) is 47.7 Å². The Balaban J connectivity index is 1.77. The molecule has 1 atom stereocenters. The number of nitrogens with one attached hydrogen (secondary N) is 1. The van der Waals surface area contributed by atoms with Crippen molar-refractivity contribution in [1.29, 1.82) is 0 Å². The van der Waals surface area contributed by atoms with Gasteiger partial charge >= 0.3 is 5.97 Å². The Morgan fingerprint density at radius 1 is 1.12 bits per heavy atom. The van der Waals surface area contributed by atoms with Gasteiger partial charge < -0.3 is 15.2 Å². The summed E-state index contributed by atoms with van der Waals surface area (Å²) in [6.07, 6.45) is 4.18. The van der Waals surface area contributed by atoms with Crippen LogP contribution in [0.4, 0.5) is 0 Å². The van der Waals surface area contributed by atoms with Crippen molar-refractivity contribution in [1.82, 2.24) is 10.3 Å². The van der Waals surface area contributed by atoms with Gasteiger partial charge in [-0.1, -0.05) is 26.0 Å². The number of aromatic nitrogens is 1. The van der Waals surface area contributed by atoms with Crippen molar-refractivity contribution >= 4 is 5.97 Å². The molecule has 25 heavy (non-hydrogen) atoms. The predicted molar refractivity (Wildman–Crippen MR) is 97.3 cm³/mol. The molecule has 0 aliphatic rings. The van der Waals surface area contributed by atoms with Crippen molar-refractivity contribution in [2.45, 2.75) is 33.4 Å². The number of benzene rings is 1. The number of hydrogen-bond acceptors (Lipinski definition) is 4. The molecule has 0 aliphatic carbocycles. The molecule has 0 fully saturated rings. The van der Waals surface area contributed by atoms with E-state index >= 15 is 0 Å². The normalized spacial score (nSPS) is 12.1. The molecule has 0 amide bonds. The lowest BCUT2D eigenvalue weighted by Gasteiger charge is -2.15. The number of aliphatic carboxylic acids is 1. The Morgan fingerprint density at radius 2 is 1.80 bits per heavy atom. The number of carboxylic acids is 1. The summed E-state index contributed by atoms with van der Waals surface area (Å²) in [6.45, 7) is 5.72. The fourth-order valence-electron chi connectivity index (χ4n) is 2.58. The highest BCUT2D eigenvalue weighted by molar-refractivity contribution is 5.70. The molecule has 5 heteroatoms. The van der Waals surface area contributed by atoms with Crippen LogP contribution in [0.3, 0.4) is 0 Å². The Kier molecular flexibility index (Phi) is 7.41. The van der Waals surface area contributed by atoms with Gasteiger partial charge in [0.15, 0.2) is 0 Å². The van der Waals surface area contributed by atoms with Crippen LogP contribution in [0.25, 0.3) is 0 Å². The lowest BCUT2D eigenvalue weighted by Crippen LogP contribution is -2.29. The van der Waals surface area contributed by atoms with Gasteiger partial charge in [0.1, 0.15) is 12.4 Å². The zero-order valence-electron chi connectivity index (χ0n) is 14.8. The van der Waals surface area contributed by atoms with E-state index in [-0.39, 0.29) is 5.92 Å². The summed E-state index contributed by atoms with van der Waals surface area (Å²) < 4.78 is 5.74. The van der Waals surface area contributed by atoms with Crippen LogP contribution in [0.1, 0.15) is 31.4 Å². The van der Waals surface area contributed by atoms with E-state index in [4.69, 9.17) is 4.74 Å². The van der Waals surface area contributed by atoms with Gasteiger partial charge in [-0.15, -0.1) is 0 Å². The van der Waals surface area contributed by atoms with Crippen LogP contribution in [0.5, 0.6) is 5.75 Å². The van der Waals surface area contributed by atoms with Crippen LogP contribution in [-0.4, -0.2) is 22.6 Å². The van der Waals surface area contributed by atoms with E-state index in [1.54, 1.807) is 12.4 Å². The second kappa shape index (κ2) is 9.79. The molecule has 1 unspecified atom stereocenters. The topological polar surface area (TPSA) is 71.5 Å². The summed E-state index contributed by atoms with van der Waals surface area (Å²) in [5.74, 6) is 0.104. The van der Waals surface area contributed by atoms with E-state index in [0.29, 0.717) is 32.0 Å². The van der Waals surface area contributed by atoms with Crippen molar-refractivity contribution in [2.24, 2.45) is 11.8 Å². The van der Waals surface area contributed by atoms with Crippen LogP contribution in [0.2, 0.25) is 0 Å². The standard InChI is InChI=1S/C20H26N2O3/c1-15(2)11-18(20(23)24)13-22-12-16-3-5-19(6-4-16)25-14-17-7-9-21-10-8-17/h3-10,15,18,22H,11-14H2,1-2H3,(H,23,24). The molecule has 1 aromatic carbocycles. The minimum Gasteiger partial charge on any atom is -0.489 e. The smallest absolute Gasteiger partial charge is 0.307 e. The monoisotopic (exact) mass is 342 g/mol. The highest BCUT2D eigenvalue weighted by Gasteiger charge is 2.18. The minimum atomic E-state index is -0.735. The minimum absolute atomic E-state index is 0.344. The Labute approximate surface area is 149 Å². The maximum absolute atomic E-state index is 11.3. The van der Waals surface area contributed by atoms with Gasteiger partial charge in [-0.25, -0.2) is 0 Å². The zero-order valence-corrected chi connectivity index (χ0v) is 14.8. The summed E-state index contributed by atoms with van der Waals surface area (Å²) in [5, 5.41) is 12.5. The first kappa shape index (κ1) is 18.9. The Hall–Kier alpha value is -2.40. The van der Waals surface area contributed by atoms with Crippen LogP contribution in [0.15, 0.2) is 48.8 Å². The SMILES string of the molecule is CC(C)CC(CNCc1ccc(OCc2ccncc2)cc1)C(=O)O. The van der Waals surface area contributed by atoms with Crippen molar-refractivity contribution in [2.75, 3.05) is 6.54 Å². The third-order valence-electron chi connectivity index (χ3n) is 3.90. The lowest BCUT2D eigenvalue weighted by atomic mass is 9.97. The predicted octanol–water partition coefficient (Wildman–Crippen LogP) is 3.50. The third kappa shape index (κ3) is 6.93. The molecule has 0 bridgehead atoms. The number of carboxylic acid groups (broad SMARTS) is 1. The van der Waals surface area contributed by atoms with E-state index in [9.17, 15) is 9.90 Å². The van der Waals surface area contributed by atoms with Crippen LogP contribution in [0, 0.1) is 11.8 Å². The molecule has 2 rings (SSSR count). The quantitative estimate of drug-likeness (QED) is 0.691.